The predicted molar refractivity (Wildman–Crippen MR) is 103 cm³/mol. The first kappa shape index (κ1) is 19.7. The number of para-hydroxylation sites is 1. The summed E-state index contributed by atoms with van der Waals surface area (Å²) in [5.41, 5.74) is 1.05. The Kier molecular flexibility index (Phi) is 7.35. The molecule has 6 nitrogen and oxygen atoms in total. The highest BCUT2D eigenvalue weighted by Gasteiger charge is 2.11. The molecule has 0 aliphatic heterocycles. The van der Waals surface area contributed by atoms with Gasteiger partial charge in [-0.15, -0.1) is 0 Å². The van der Waals surface area contributed by atoms with Gasteiger partial charge in [-0.3, -0.25) is 9.59 Å². The van der Waals surface area contributed by atoms with Crippen molar-refractivity contribution >= 4 is 45.1 Å². The van der Waals surface area contributed by atoms with Crippen LogP contribution in [0.15, 0.2) is 53.0 Å². The molecule has 0 radical (unpaired) electrons. The van der Waals surface area contributed by atoms with E-state index in [-0.39, 0.29) is 29.5 Å². The summed E-state index contributed by atoms with van der Waals surface area (Å²) in [6.07, 6.45) is 1.64. The summed E-state index contributed by atoms with van der Waals surface area (Å²) in [6, 6.07) is 13.5. The van der Waals surface area contributed by atoms with Crippen LogP contribution in [0.3, 0.4) is 0 Å². The van der Waals surface area contributed by atoms with Crippen LogP contribution in [0, 0.1) is 0 Å². The first-order valence-electron chi connectivity index (χ1n) is 8.13. The maximum atomic E-state index is 11.9. The van der Waals surface area contributed by atoms with Crippen LogP contribution in [0.5, 0.6) is 0 Å². The van der Waals surface area contributed by atoms with Crippen molar-refractivity contribution in [3.8, 4) is 0 Å². The van der Waals surface area contributed by atoms with E-state index in [2.05, 4.69) is 26.6 Å². The molecule has 2 aromatic carbocycles. The third-order valence-corrected chi connectivity index (χ3v) is 4.15. The lowest BCUT2D eigenvalue weighted by molar-refractivity contribution is -0.118. The van der Waals surface area contributed by atoms with Crippen LogP contribution in [0.2, 0.25) is 0 Å². The van der Waals surface area contributed by atoms with Gasteiger partial charge in [-0.2, -0.15) is 0 Å². The van der Waals surface area contributed by atoms with Gasteiger partial charge in [0.05, 0.1) is 11.3 Å². The first-order chi connectivity index (χ1) is 12.5. The molecule has 2 rings (SSSR count). The number of carboxylic acids is 1. The Bertz CT molecular complexity index is 790. The molecular weight excluding hydrogens is 400 g/mol. The molecule has 0 heterocycles. The Balaban J connectivity index is 1.71. The molecular formula is C19H19BrN2O4. The van der Waals surface area contributed by atoms with Gasteiger partial charge in [-0.05, 0) is 49.2 Å². The number of carbonyl (C=O) groups excluding carboxylic acids is 2. The molecule has 136 valence electrons. The molecule has 0 atom stereocenters. The summed E-state index contributed by atoms with van der Waals surface area (Å²) >= 11 is 3.33. The largest absolute Gasteiger partial charge is 0.478 e. The van der Waals surface area contributed by atoms with Gasteiger partial charge in [-0.1, -0.05) is 28.1 Å². The molecule has 0 aliphatic rings. The van der Waals surface area contributed by atoms with E-state index in [0.29, 0.717) is 19.3 Å². The van der Waals surface area contributed by atoms with Crippen LogP contribution >= 0.6 is 15.9 Å². The second-order valence-electron chi connectivity index (χ2n) is 5.66. The van der Waals surface area contributed by atoms with Crippen LogP contribution in [0.1, 0.15) is 36.0 Å². The number of rotatable bonds is 8. The van der Waals surface area contributed by atoms with Crippen molar-refractivity contribution in [1.29, 1.82) is 0 Å². The highest BCUT2D eigenvalue weighted by Crippen LogP contribution is 2.16. The highest BCUT2D eigenvalue weighted by molar-refractivity contribution is 9.10. The van der Waals surface area contributed by atoms with Crippen molar-refractivity contribution < 1.29 is 19.5 Å². The Morgan fingerprint density at radius 1 is 0.846 bits per heavy atom. The van der Waals surface area contributed by atoms with Gasteiger partial charge in [0.2, 0.25) is 11.8 Å². The molecule has 0 fully saturated rings. The quantitative estimate of drug-likeness (QED) is 0.557. The summed E-state index contributed by atoms with van der Waals surface area (Å²) < 4.78 is 0.936. The third kappa shape index (κ3) is 6.33. The van der Waals surface area contributed by atoms with Crippen molar-refractivity contribution in [3.63, 3.8) is 0 Å². The number of hydrogen-bond acceptors (Lipinski definition) is 3. The Morgan fingerprint density at radius 2 is 1.42 bits per heavy atom. The van der Waals surface area contributed by atoms with Crippen LogP contribution in [0.25, 0.3) is 0 Å². The lowest BCUT2D eigenvalue weighted by atomic mass is 10.1. The fraction of sp³-hybridized carbons (Fsp3) is 0.211. The number of unbranched alkanes of at least 4 members (excludes halogenated alkanes) is 1. The predicted octanol–water partition coefficient (Wildman–Crippen LogP) is 4.28. The number of aromatic carboxylic acids is 1. The zero-order chi connectivity index (χ0) is 18.9. The van der Waals surface area contributed by atoms with Crippen molar-refractivity contribution in [3.05, 3.63) is 58.6 Å². The lowest BCUT2D eigenvalue weighted by Gasteiger charge is -2.08. The monoisotopic (exact) mass is 418 g/mol. The molecule has 7 heteroatoms. The fourth-order valence-electron chi connectivity index (χ4n) is 2.32. The molecule has 0 aromatic heterocycles. The van der Waals surface area contributed by atoms with Gasteiger partial charge >= 0.3 is 5.97 Å². The minimum Gasteiger partial charge on any atom is -0.478 e. The number of benzene rings is 2. The maximum absolute atomic E-state index is 11.9. The summed E-state index contributed by atoms with van der Waals surface area (Å²) in [4.78, 5) is 34.9. The smallest absolute Gasteiger partial charge is 0.337 e. The summed E-state index contributed by atoms with van der Waals surface area (Å²) in [5.74, 6) is -1.47. The molecule has 0 unspecified atom stereocenters. The standard InChI is InChI=1S/C19H19BrN2O4/c20-13-9-11-14(12-10-13)21-17(23)7-3-4-8-18(24)22-16-6-2-1-5-15(16)19(25)26/h1-2,5-6,9-12H,3-4,7-8H2,(H,21,23)(H,22,24)(H,25,26). The van der Waals surface area contributed by atoms with Crippen LogP contribution < -0.4 is 10.6 Å². The van der Waals surface area contributed by atoms with Gasteiger partial charge in [0.1, 0.15) is 0 Å². The van der Waals surface area contributed by atoms with Crippen molar-refractivity contribution in [2.45, 2.75) is 25.7 Å². The van der Waals surface area contributed by atoms with Gasteiger partial charge < -0.3 is 15.7 Å². The molecule has 0 aliphatic carbocycles. The summed E-state index contributed by atoms with van der Waals surface area (Å²) in [7, 11) is 0. The lowest BCUT2D eigenvalue weighted by Crippen LogP contribution is -2.15. The van der Waals surface area contributed by atoms with E-state index < -0.39 is 5.97 Å². The minimum absolute atomic E-state index is 0.0507. The zero-order valence-corrected chi connectivity index (χ0v) is 15.6. The summed E-state index contributed by atoms with van der Waals surface area (Å²) in [5, 5.41) is 14.5. The third-order valence-electron chi connectivity index (χ3n) is 3.62. The molecule has 2 amide bonds. The number of nitrogens with one attached hydrogen (secondary N) is 2. The normalized spacial score (nSPS) is 10.2. The highest BCUT2D eigenvalue weighted by atomic mass is 79.9. The van der Waals surface area contributed by atoms with Crippen LogP contribution in [0.4, 0.5) is 11.4 Å². The number of carbonyl (C=O) groups is 3. The second-order valence-corrected chi connectivity index (χ2v) is 6.58. The molecule has 2 aromatic rings. The van der Waals surface area contributed by atoms with E-state index in [9.17, 15) is 14.4 Å². The van der Waals surface area contributed by atoms with Crippen LogP contribution in [-0.4, -0.2) is 22.9 Å². The van der Waals surface area contributed by atoms with E-state index in [1.165, 1.54) is 6.07 Å². The van der Waals surface area contributed by atoms with Crippen LogP contribution in [-0.2, 0) is 9.59 Å². The average molecular weight is 419 g/mol. The van der Waals surface area contributed by atoms with Gasteiger partial charge in [0.25, 0.3) is 0 Å². The zero-order valence-electron chi connectivity index (χ0n) is 14.0. The summed E-state index contributed by atoms with van der Waals surface area (Å²) in [6.45, 7) is 0. The molecule has 0 saturated heterocycles. The van der Waals surface area contributed by atoms with Crippen molar-refractivity contribution in [2.24, 2.45) is 0 Å². The van der Waals surface area contributed by atoms with Gasteiger partial charge in [0, 0.05) is 23.0 Å². The van der Waals surface area contributed by atoms with Gasteiger partial charge in [0.15, 0.2) is 0 Å². The van der Waals surface area contributed by atoms with Crippen molar-refractivity contribution in [1.82, 2.24) is 0 Å². The SMILES string of the molecule is O=C(CCCCC(=O)Nc1ccccc1C(=O)O)Nc1ccc(Br)cc1. The van der Waals surface area contributed by atoms with E-state index in [1.807, 2.05) is 12.1 Å². The maximum Gasteiger partial charge on any atom is 0.337 e. The van der Waals surface area contributed by atoms with E-state index in [1.54, 1.807) is 30.3 Å². The number of halogens is 1. The minimum atomic E-state index is -1.09. The number of carboxylic acid groups (broad SMARTS) is 1. The Morgan fingerprint density at radius 3 is 2.04 bits per heavy atom. The number of anilines is 2. The van der Waals surface area contributed by atoms with E-state index in [0.717, 1.165) is 10.2 Å². The Labute approximate surface area is 159 Å². The average Bonchev–Trinajstić information content (AvgIpc) is 2.61. The second kappa shape index (κ2) is 9.72. The van der Waals surface area contributed by atoms with Crippen molar-refractivity contribution in [2.75, 3.05) is 10.6 Å². The topological polar surface area (TPSA) is 95.5 Å². The first-order valence-corrected chi connectivity index (χ1v) is 8.92. The van der Waals surface area contributed by atoms with Gasteiger partial charge in [-0.25, -0.2) is 4.79 Å². The number of amides is 2. The number of hydrogen-bond donors (Lipinski definition) is 3. The molecule has 0 bridgehead atoms. The van der Waals surface area contributed by atoms with E-state index >= 15 is 0 Å². The molecule has 0 spiro atoms. The molecule has 3 N–H and O–H groups in total. The molecule has 26 heavy (non-hydrogen) atoms. The van der Waals surface area contributed by atoms with E-state index in [4.69, 9.17) is 5.11 Å². The molecule has 0 saturated carbocycles. The fourth-order valence-corrected chi connectivity index (χ4v) is 2.58. The Hall–Kier alpha value is -2.67.